The highest BCUT2D eigenvalue weighted by Gasteiger charge is 2.11. The van der Waals surface area contributed by atoms with Gasteiger partial charge in [-0.2, -0.15) is 5.10 Å². The van der Waals surface area contributed by atoms with Crippen LogP contribution in [0.1, 0.15) is 26.1 Å². The van der Waals surface area contributed by atoms with Crippen LogP contribution >= 0.6 is 0 Å². The smallest absolute Gasteiger partial charge is 0.129 e. The summed E-state index contributed by atoms with van der Waals surface area (Å²) in [7, 11) is 2.13. The molecule has 0 saturated carbocycles. The monoisotopic (exact) mass is 375 g/mol. The highest BCUT2D eigenvalue weighted by Crippen LogP contribution is 2.27. The van der Waals surface area contributed by atoms with Gasteiger partial charge in [0.2, 0.25) is 0 Å². The van der Waals surface area contributed by atoms with Crippen LogP contribution in [0, 0.1) is 0 Å². The van der Waals surface area contributed by atoms with Crippen LogP contribution in [0.3, 0.4) is 0 Å². The standard InChI is InChI=1S/C22H25N5O/c1-4-15(2)27(3)14-22-24-20-10-9-18(13-21(20)25-22)28-17-7-5-16(6-8-17)19-11-12-23-26-19/h5-13,15H,4,14H2,1-3H3,(H,23,26)(H,24,25). The van der Waals surface area contributed by atoms with Gasteiger partial charge in [-0.05, 0) is 68.4 Å². The Labute approximate surface area is 164 Å². The number of hydrogen-bond acceptors (Lipinski definition) is 4. The third kappa shape index (κ3) is 3.92. The molecule has 0 saturated heterocycles. The number of benzene rings is 2. The Morgan fingerprint density at radius 3 is 2.57 bits per heavy atom. The van der Waals surface area contributed by atoms with E-state index in [1.807, 2.05) is 48.5 Å². The Bertz CT molecular complexity index is 1040. The summed E-state index contributed by atoms with van der Waals surface area (Å²) in [6.07, 6.45) is 2.86. The Morgan fingerprint density at radius 1 is 1.07 bits per heavy atom. The number of H-pyrrole nitrogens is 2. The average molecular weight is 375 g/mol. The topological polar surface area (TPSA) is 69.8 Å². The minimum absolute atomic E-state index is 0.525. The van der Waals surface area contributed by atoms with Gasteiger partial charge < -0.3 is 9.72 Å². The lowest BCUT2D eigenvalue weighted by Crippen LogP contribution is -2.28. The summed E-state index contributed by atoms with van der Waals surface area (Å²) in [5.74, 6) is 2.53. The van der Waals surface area contributed by atoms with Crippen LogP contribution in [0.5, 0.6) is 11.5 Å². The van der Waals surface area contributed by atoms with Crippen molar-refractivity contribution >= 4 is 11.0 Å². The molecule has 6 nitrogen and oxygen atoms in total. The van der Waals surface area contributed by atoms with Crippen LogP contribution in [-0.2, 0) is 6.54 Å². The van der Waals surface area contributed by atoms with E-state index >= 15 is 0 Å². The van der Waals surface area contributed by atoms with Gasteiger partial charge in [-0.1, -0.05) is 6.92 Å². The first kappa shape index (κ1) is 18.3. The lowest BCUT2D eigenvalue weighted by Gasteiger charge is -2.21. The molecule has 0 spiro atoms. The Morgan fingerprint density at radius 2 is 1.86 bits per heavy atom. The number of nitrogens with zero attached hydrogens (tertiary/aromatic N) is 3. The number of hydrogen-bond donors (Lipinski definition) is 2. The summed E-state index contributed by atoms with van der Waals surface area (Å²) in [5, 5.41) is 6.95. The van der Waals surface area contributed by atoms with Crippen LogP contribution in [0.4, 0.5) is 0 Å². The zero-order chi connectivity index (χ0) is 19.5. The molecule has 0 radical (unpaired) electrons. The molecule has 2 aromatic carbocycles. The lowest BCUT2D eigenvalue weighted by molar-refractivity contribution is 0.239. The van der Waals surface area contributed by atoms with Crippen molar-refractivity contribution in [3.05, 3.63) is 60.6 Å². The molecule has 0 aliphatic carbocycles. The van der Waals surface area contributed by atoms with E-state index in [1.165, 1.54) is 0 Å². The second kappa shape index (κ2) is 7.86. The zero-order valence-electron chi connectivity index (χ0n) is 16.4. The normalized spacial score (nSPS) is 12.6. The number of imidazole rings is 1. The summed E-state index contributed by atoms with van der Waals surface area (Å²) in [6, 6.07) is 16.4. The van der Waals surface area contributed by atoms with E-state index in [0.29, 0.717) is 6.04 Å². The average Bonchev–Trinajstić information content (AvgIpc) is 3.37. The maximum absolute atomic E-state index is 6.01. The van der Waals surface area contributed by atoms with E-state index in [-0.39, 0.29) is 0 Å². The van der Waals surface area contributed by atoms with Gasteiger partial charge in [-0.3, -0.25) is 10.00 Å². The van der Waals surface area contributed by atoms with Gasteiger partial charge >= 0.3 is 0 Å². The Hall–Kier alpha value is -3.12. The van der Waals surface area contributed by atoms with Crippen molar-refractivity contribution in [2.24, 2.45) is 0 Å². The first-order valence-corrected chi connectivity index (χ1v) is 9.59. The summed E-state index contributed by atoms with van der Waals surface area (Å²) in [4.78, 5) is 10.4. The fraction of sp³-hybridized carbons (Fsp3) is 0.273. The molecule has 4 aromatic rings. The summed E-state index contributed by atoms with van der Waals surface area (Å²) < 4.78 is 6.01. The predicted molar refractivity (Wildman–Crippen MR) is 111 cm³/mol. The SMILES string of the molecule is CCC(C)N(C)Cc1nc2cc(Oc3ccc(-c4ccn[nH]4)cc3)ccc2[nH]1. The van der Waals surface area contributed by atoms with Crippen molar-refractivity contribution in [3.63, 3.8) is 0 Å². The summed E-state index contributed by atoms with van der Waals surface area (Å²) >= 11 is 0. The molecule has 1 unspecified atom stereocenters. The molecule has 2 N–H and O–H groups in total. The molecular weight excluding hydrogens is 350 g/mol. The van der Waals surface area contributed by atoms with Crippen LogP contribution in [0.2, 0.25) is 0 Å². The van der Waals surface area contributed by atoms with Gasteiger partial charge in [0.05, 0.1) is 23.3 Å². The maximum atomic E-state index is 6.01. The zero-order valence-corrected chi connectivity index (χ0v) is 16.4. The van der Waals surface area contributed by atoms with Crippen molar-refractivity contribution < 1.29 is 4.74 Å². The molecule has 144 valence electrons. The van der Waals surface area contributed by atoms with Crippen molar-refractivity contribution in [2.75, 3.05) is 7.05 Å². The van der Waals surface area contributed by atoms with Crippen molar-refractivity contribution in [3.8, 4) is 22.8 Å². The van der Waals surface area contributed by atoms with Crippen LogP contribution in [0.15, 0.2) is 54.7 Å². The van der Waals surface area contributed by atoms with E-state index in [2.05, 4.69) is 41.0 Å². The molecule has 0 bridgehead atoms. The van der Waals surface area contributed by atoms with Crippen LogP contribution in [-0.4, -0.2) is 38.2 Å². The molecule has 1 atom stereocenters. The quantitative estimate of drug-likeness (QED) is 0.478. The van der Waals surface area contributed by atoms with Gasteiger partial charge in [0.1, 0.15) is 17.3 Å². The molecule has 2 heterocycles. The van der Waals surface area contributed by atoms with Gasteiger partial charge in [-0.15, -0.1) is 0 Å². The third-order valence-electron chi connectivity index (χ3n) is 5.15. The van der Waals surface area contributed by atoms with Gasteiger partial charge in [-0.25, -0.2) is 4.98 Å². The molecule has 0 amide bonds. The molecule has 0 aliphatic heterocycles. The highest BCUT2D eigenvalue weighted by atomic mass is 16.5. The number of aromatic nitrogens is 4. The van der Waals surface area contributed by atoms with Crippen molar-refractivity contribution in [1.29, 1.82) is 0 Å². The van der Waals surface area contributed by atoms with E-state index < -0.39 is 0 Å². The van der Waals surface area contributed by atoms with Crippen molar-refractivity contribution in [2.45, 2.75) is 32.9 Å². The Kier molecular flexibility index (Phi) is 5.12. The number of fused-ring (bicyclic) bond motifs is 1. The van der Waals surface area contributed by atoms with E-state index in [4.69, 9.17) is 9.72 Å². The summed E-state index contributed by atoms with van der Waals surface area (Å²) in [5.41, 5.74) is 4.00. The van der Waals surface area contributed by atoms with Crippen LogP contribution in [0.25, 0.3) is 22.3 Å². The lowest BCUT2D eigenvalue weighted by atomic mass is 10.1. The van der Waals surface area contributed by atoms with Gasteiger partial charge in [0.15, 0.2) is 0 Å². The molecule has 4 rings (SSSR count). The first-order valence-electron chi connectivity index (χ1n) is 9.59. The predicted octanol–water partition coefficient (Wildman–Crippen LogP) is 4.98. The number of aromatic amines is 2. The van der Waals surface area contributed by atoms with E-state index in [9.17, 15) is 0 Å². The van der Waals surface area contributed by atoms with Crippen molar-refractivity contribution in [1.82, 2.24) is 25.1 Å². The summed E-state index contributed by atoms with van der Waals surface area (Å²) in [6.45, 7) is 5.23. The fourth-order valence-electron chi connectivity index (χ4n) is 3.14. The largest absolute Gasteiger partial charge is 0.457 e. The minimum Gasteiger partial charge on any atom is -0.457 e. The molecular formula is C22H25N5O. The third-order valence-corrected chi connectivity index (χ3v) is 5.15. The van der Waals surface area contributed by atoms with E-state index in [1.54, 1.807) is 6.20 Å². The molecule has 2 aromatic heterocycles. The van der Waals surface area contributed by atoms with Crippen LogP contribution < -0.4 is 4.74 Å². The molecule has 28 heavy (non-hydrogen) atoms. The maximum Gasteiger partial charge on any atom is 0.129 e. The fourth-order valence-corrected chi connectivity index (χ4v) is 3.14. The Balaban J connectivity index is 1.48. The second-order valence-electron chi connectivity index (χ2n) is 7.13. The van der Waals surface area contributed by atoms with Gasteiger partial charge in [0, 0.05) is 18.3 Å². The van der Waals surface area contributed by atoms with Gasteiger partial charge in [0.25, 0.3) is 0 Å². The second-order valence-corrected chi connectivity index (χ2v) is 7.13. The molecule has 0 aliphatic rings. The molecule has 6 heteroatoms. The number of ether oxygens (including phenoxy) is 1. The molecule has 0 fully saturated rings. The minimum atomic E-state index is 0.525. The number of nitrogens with one attached hydrogen (secondary N) is 2. The van der Waals surface area contributed by atoms with E-state index in [0.717, 1.165) is 52.6 Å². The highest BCUT2D eigenvalue weighted by molar-refractivity contribution is 5.77. The number of rotatable bonds is 7. The first-order chi connectivity index (χ1) is 13.6.